The van der Waals surface area contributed by atoms with Crippen LogP contribution < -0.4 is 14.4 Å². The lowest BCUT2D eigenvalue weighted by atomic mass is 10.1. The van der Waals surface area contributed by atoms with Gasteiger partial charge in [-0.3, -0.25) is 13.9 Å². The molecule has 3 aromatic rings. The zero-order chi connectivity index (χ0) is 27.7. The van der Waals surface area contributed by atoms with Crippen molar-refractivity contribution in [3.05, 3.63) is 90.0 Å². The molecule has 0 saturated carbocycles. The monoisotopic (exact) mass is 537 g/mol. The highest BCUT2D eigenvalue weighted by Crippen LogP contribution is 2.33. The largest absolute Gasteiger partial charge is 0.495 e. The number of hydrogen-bond acceptors (Lipinski definition) is 5. The average molecular weight is 538 g/mol. The van der Waals surface area contributed by atoms with E-state index in [1.54, 1.807) is 50.2 Å². The summed E-state index contributed by atoms with van der Waals surface area (Å²) >= 11 is 0. The van der Waals surface area contributed by atoms with Gasteiger partial charge in [0.05, 0.1) is 17.7 Å². The fourth-order valence-corrected chi connectivity index (χ4v) is 5.56. The molecule has 1 N–H and O–H groups in total. The lowest BCUT2D eigenvalue weighted by Gasteiger charge is -2.32. The van der Waals surface area contributed by atoms with Crippen molar-refractivity contribution in [1.29, 1.82) is 0 Å². The number of hydrogen-bond donors (Lipinski definition) is 1. The first-order valence-corrected chi connectivity index (χ1v) is 14.0. The van der Waals surface area contributed by atoms with Crippen LogP contribution in [0.15, 0.2) is 83.8 Å². The van der Waals surface area contributed by atoms with Gasteiger partial charge < -0.3 is 15.0 Å². The van der Waals surface area contributed by atoms with E-state index in [4.69, 9.17) is 4.74 Å². The molecule has 202 valence electrons. The third-order valence-corrected chi connectivity index (χ3v) is 7.99. The Morgan fingerprint density at radius 3 is 2.21 bits per heavy atom. The Morgan fingerprint density at radius 2 is 1.61 bits per heavy atom. The Bertz CT molecular complexity index is 1330. The van der Waals surface area contributed by atoms with Crippen LogP contribution in [0, 0.1) is 6.92 Å². The van der Waals surface area contributed by atoms with Gasteiger partial charge in [-0.15, -0.1) is 0 Å². The molecule has 1 unspecified atom stereocenters. The smallest absolute Gasteiger partial charge is 0.264 e. The standard InChI is InChI=1S/C29H35N3O5S/c1-5-30-29(34)23(3)31(19-18-24-12-8-6-9-13-24)28(33)21-32(26-20-22(2)16-17-27(26)37-4)38(35,36)25-14-10-7-11-15-25/h6-17,20,23H,5,18-19,21H2,1-4H3,(H,30,34). The van der Waals surface area contributed by atoms with Crippen LogP contribution in [0.25, 0.3) is 0 Å². The van der Waals surface area contributed by atoms with Crippen LogP contribution >= 0.6 is 0 Å². The summed E-state index contributed by atoms with van der Waals surface area (Å²) in [5, 5.41) is 2.76. The third-order valence-electron chi connectivity index (χ3n) is 6.22. The summed E-state index contributed by atoms with van der Waals surface area (Å²) in [5.74, 6) is -0.488. The Labute approximate surface area is 225 Å². The topological polar surface area (TPSA) is 96.0 Å². The summed E-state index contributed by atoms with van der Waals surface area (Å²) < 4.78 is 34.3. The Hall–Kier alpha value is -3.85. The Balaban J connectivity index is 2.03. The summed E-state index contributed by atoms with van der Waals surface area (Å²) in [4.78, 5) is 28.1. The fourth-order valence-electron chi connectivity index (χ4n) is 4.12. The molecule has 3 rings (SSSR count). The van der Waals surface area contributed by atoms with E-state index in [-0.39, 0.29) is 23.0 Å². The van der Waals surface area contributed by atoms with Crippen molar-refractivity contribution in [2.45, 2.75) is 38.1 Å². The van der Waals surface area contributed by atoms with E-state index < -0.39 is 28.5 Å². The molecule has 38 heavy (non-hydrogen) atoms. The van der Waals surface area contributed by atoms with Crippen LogP contribution in [0.3, 0.4) is 0 Å². The first-order valence-electron chi connectivity index (χ1n) is 12.5. The number of amides is 2. The maximum absolute atomic E-state index is 13.9. The first-order chi connectivity index (χ1) is 18.2. The SMILES string of the molecule is CCNC(=O)C(C)N(CCc1ccccc1)C(=O)CN(c1cc(C)ccc1OC)S(=O)(=O)c1ccccc1. The van der Waals surface area contributed by atoms with E-state index in [9.17, 15) is 18.0 Å². The second kappa shape index (κ2) is 13.1. The van der Waals surface area contributed by atoms with Crippen LogP contribution in [0.5, 0.6) is 5.75 Å². The quantitative estimate of drug-likeness (QED) is 0.379. The molecular formula is C29H35N3O5S. The van der Waals surface area contributed by atoms with Gasteiger partial charge in [-0.25, -0.2) is 8.42 Å². The van der Waals surface area contributed by atoms with Gasteiger partial charge in [0.25, 0.3) is 10.0 Å². The highest BCUT2D eigenvalue weighted by molar-refractivity contribution is 7.92. The van der Waals surface area contributed by atoms with Crippen molar-refractivity contribution in [3.8, 4) is 5.75 Å². The molecule has 0 aliphatic carbocycles. The Kier molecular flexibility index (Phi) is 9.90. The van der Waals surface area contributed by atoms with Crippen molar-refractivity contribution in [3.63, 3.8) is 0 Å². The van der Waals surface area contributed by atoms with E-state index in [1.165, 1.54) is 24.1 Å². The summed E-state index contributed by atoms with van der Waals surface area (Å²) in [6.07, 6.45) is 0.509. The highest BCUT2D eigenvalue weighted by atomic mass is 32.2. The molecule has 2 amide bonds. The molecular weight excluding hydrogens is 502 g/mol. The van der Waals surface area contributed by atoms with Gasteiger partial charge in [0.1, 0.15) is 18.3 Å². The maximum atomic E-state index is 13.9. The van der Waals surface area contributed by atoms with Gasteiger partial charge in [-0.1, -0.05) is 54.6 Å². The van der Waals surface area contributed by atoms with Crippen LogP contribution in [-0.2, 0) is 26.0 Å². The van der Waals surface area contributed by atoms with E-state index in [0.717, 1.165) is 15.4 Å². The highest BCUT2D eigenvalue weighted by Gasteiger charge is 2.33. The number of carbonyl (C=O) groups is 2. The molecule has 0 aromatic heterocycles. The number of carbonyl (C=O) groups excluding carboxylic acids is 2. The van der Waals surface area contributed by atoms with Crippen molar-refractivity contribution in [1.82, 2.24) is 10.2 Å². The minimum Gasteiger partial charge on any atom is -0.495 e. The van der Waals surface area contributed by atoms with Crippen molar-refractivity contribution in [2.75, 3.05) is 31.0 Å². The van der Waals surface area contributed by atoms with Gasteiger partial charge in [-0.05, 0) is 62.6 Å². The minimum absolute atomic E-state index is 0.0453. The van der Waals surface area contributed by atoms with Crippen molar-refractivity contribution >= 4 is 27.5 Å². The molecule has 0 radical (unpaired) electrons. The van der Waals surface area contributed by atoms with Crippen molar-refractivity contribution in [2.24, 2.45) is 0 Å². The molecule has 0 bridgehead atoms. The predicted octanol–water partition coefficient (Wildman–Crippen LogP) is 3.79. The number of sulfonamides is 1. The molecule has 0 aliphatic rings. The molecule has 0 fully saturated rings. The fraction of sp³-hybridized carbons (Fsp3) is 0.310. The molecule has 1 atom stereocenters. The van der Waals surface area contributed by atoms with E-state index in [2.05, 4.69) is 5.32 Å². The number of rotatable bonds is 12. The van der Waals surface area contributed by atoms with Crippen molar-refractivity contribution < 1.29 is 22.7 Å². The van der Waals surface area contributed by atoms with E-state index in [1.807, 2.05) is 37.3 Å². The number of ether oxygens (including phenoxy) is 1. The van der Waals surface area contributed by atoms with Crippen LogP contribution in [0.2, 0.25) is 0 Å². The number of likely N-dealkylation sites (N-methyl/N-ethyl adjacent to an activating group) is 1. The number of nitrogens with zero attached hydrogens (tertiary/aromatic N) is 2. The molecule has 0 spiro atoms. The molecule has 9 heteroatoms. The molecule has 3 aromatic carbocycles. The summed E-state index contributed by atoms with van der Waals surface area (Å²) in [6.45, 7) is 5.44. The van der Waals surface area contributed by atoms with Gasteiger partial charge in [0, 0.05) is 13.1 Å². The number of anilines is 1. The molecule has 0 aliphatic heterocycles. The number of methoxy groups -OCH3 is 1. The van der Waals surface area contributed by atoms with Gasteiger partial charge in [0.2, 0.25) is 11.8 Å². The average Bonchev–Trinajstić information content (AvgIpc) is 2.92. The summed E-state index contributed by atoms with van der Waals surface area (Å²) in [6, 6.07) is 21.9. The zero-order valence-electron chi connectivity index (χ0n) is 22.3. The van der Waals surface area contributed by atoms with E-state index >= 15 is 0 Å². The third kappa shape index (κ3) is 6.92. The van der Waals surface area contributed by atoms with Crippen LogP contribution in [-0.4, -0.2) is 57.9 Å². The number of aryl methyl sites for hydroxylation is 1. The van der Waals surface area contributed by atoms with E-state index in [0.29, 0.717) is 18.7 Å². The van der Waals surface area contributed by atoms with Gasteiger partial charge >= 0.3 is 0 Å². The van der Waals surface area contributed by atoms with Gasteiger partial charge in [-0.2, -0.15) is 0 Å². The second-order valence-electron chi connectivity index (χ2n) is 8.89. The number of benzene rings is 3. The predicted molar refractivity (Wildman–Crippen MR) is 149 cm³/mol. The lowest BCUT2D eigenvalue weighted by Crippen LogP contribution is -2.52. The minimum atomic E-state index is -4.15. The summed E-state index contributed by atoms with van der Waals surface area (Å²) in [5.41, 5.74) is 2.05. The molecule has 0 heterocycles. The zero-order valence-corrected chi connectivity index (χ0v) is 23.1. The summed E-state index contributed by atoms with van der Waals surface area (Å²) in [7, 11) is -2.70. The first kappa shape index (κ1) is 28.7. The Morgan fingerprint density at radius 1 is 0.974 bits per heavy atom. The second-order valence-corrected chi connectivity index (χ2v) is 10.8. The molecule has 8 nitrogen and oxygen atoms in total. The van der Waals surface area contributed by atoms with Gasteiger partial charge in [0.15, 0.2) is 0 Å². The normalized spacial score (nSPS) is 11.9. The molecule has 0 saturated heterocycles. The number of nitrogens with one attached hydrogen (secondary N) is 1. The lowest BCUT2D eigenvalue weighted by molar-refractivity contribution is -0.138. The maximum Gasteiger partial charge on any atom is 0.264 e. The van der Waals surface area contributed by atoms with Crippen LogP contribution in [0.4, 0.5) is 5.69 Å². The van der Waals surface area contributed by atoms with Crippen LogP contribution in [0.1, 0.15) is 25.0 Å².